The van der Waals surface area contributed by atoms with Gasteiger partial charge in [-0.15, -0.1) is 0 Å². The summed E-state index contributed by atoms with van der Waals surface area (Å²) in [5.41, 5.74) is 0. The van der Waals surface area contributed by atoms with Gasteiger partial charge in [-0.2, -0.15) is 13.2 Å². The van der Waals surface area contributed by atoms with Gasteiger partial charge in [-0.25, -0.2) is 9.78 Å². The van der Waals surface area contributed by atoms with Crippen LogP contribution >= 0.6 is 0 Å². The number of morpholine rings is 1. The molecule has 1 aromatic rings. The minimum absolute atomic E-state index is 0.295. The number of fused-ring (bicyclic) bond motifs is 1. The molecule has 1 N–H and O–H groups in total. The van der Waals surface area contributed by atoms with Crippen LogP contribution in [-0.4, -0.2) is 90.3 Å². The summed E-state index contributed by atoms with van der Waals surface area (Å²) in [6, 6.07) is 0.401. The molecule has 8 nitrogen and oxygen atoms in total. The molecule has 0 amide bonds. The van der Waals surface area contributed by atoms with Crippen LogP contribution in [0.3, 0.4) is 0 Å². The van der Waals surface area contributed by atoms with E-state index in [2.05, 4.69) is 19.8 Å². The number of likely N-dealkylation sites (tertiary alicyclic amines) is 1. The molecule has 156 valence electrons. The van der Waals surface area contributed by atoms with E-state index in [-0.39, 0.29) is 0 Å². The Hall–Kier alpha value is -1.98. The van der Waals surface area contributed by atoms with Gasteiger partial charge < -0.3 is 19.5 Å². The van der Waals surface area contributed by atoms with Gasteiger partial charge in [0.15, 0.2) is 0 Å². The van der Waals surface area contributed by atoms with Crippen molar-refractivity contribution in [3.05, 3.63) is 18.6 Å². The molecule has 11 heteroatoms. The van der Waals surface area contributed by atoms with Crippen LogP contribution < -0.4 is 4.90 Å². The number of carbonyl (C=O) groups is 1. The first-order chi connectivity index (χ1) is 13.3. The number of hydrogen-bond donors (Lipinski definition) is 1. The van der Waals surface area contributed by atoms with Gasteiger partial charge in [0.05, 0.1) is 31.6 Å². The van der Waals surface area contributed by atoms with E-state index in [0.717, 1.165) is 51.8 Å². The van der Waals surface area contributed by atoms with Crippen LogP contribution in [0.1, 0.15) is 6.42 Å². The third-order valence-corrected chi connectivity index (χ3v) is 5.00. The molecule has 4 heterocycles. The maximum atomic E-state index is 10.6. The summed E-state index contributed by atoms with van der Waals surface area (Å²) >= 11 is 0. The Morgan fingerprint density at radius 1 is 1.29 bits per heavy atom. The highest BCUT2D eigenvalue weighted by Gasteiger charge is 2.41. The molecule has 3 fully saturated rings. The Labute approximate surface area is 160 Å². The normalized spacial score (nSPS) is 27.8. The van der Waals surface area contributed by atoms with Crippen LogP contribution in [0, 0.1) is 5.92 Å². The minimum Gasteiger partial charge on any atom is -0.475 e. The smallest absolute Gasteiger partial charge is 0.475 e. The predicted molar refractivity (Wildman–Crippen MR) is 92.0 cm³/mol. The number of aliphatic carboxylic acids is 1. The maximum absolute atomic E-state index is 10.6. The standard InChI is InChI=1S/C15H22N4O2.C2HF3O2/c1-5-20-11-12(1)8-18-9-13-14(10-18)21-6-4-19(13)15-7-16-2-3-17-15;3-2(4,5)1(6)7/h2-3,7,12-14H,1,4-6,8-11H2;(H,6,7)/t12?,13-,14+;/m1./s1. The van der Waals surface area contributed by atoms with Crippen LogP contribution in [0.25, 0.3) is 0 Å². The lowest BCUT2D eigenvalue weighted by Gasteiger charge is -2.37. The lowest BCUT2D eigenvalue weighted by atomic mass is 10.1. The van der Waals surface area contributed by atoms with E-state index in [9.17, 15) is 13.2 Å². The quantitative estimate of drug-likeness (QED) is 0.800. The second-order valence-electron chi connectivity index (χ2n) is 6.98. The number of alkyl halides is 3. The molecule has 0 aromatic carbocycles. The number of halogens is 3. The molecular weight excluding hydrogens is 381 g/mol. The number of anilines is 1. The SMILES string of the molecule is O=C(O)C(F)(F)F.c1cnc(N2CCO[C@H]3CN(CC4CCOC4)C[C@H]32)cn1. The van der Waals surface area contributed by atoms with E-state index in [1.54, 1.807) is 12.4 Å². The van der Waals surface area contributed by atoms with Crippen molar-refractivity contribution in [2.24, 2.45) is 5.92 Å². The molecule has 28 heavy (non-hydrogen) atoms. The second kappa shape index (κ2) is 9.01. The Morgan fingerprint density at radius 3 is 2.68 bits per heavy atom. The predicted octanol–water partition coefficient (Wildman–Crippen LogP) is 1.04. The van der Waals surface area contributed by atoms with Crippen molar-refractivity contribution in [2.75, 3.05) is 50.9 Å². The summed E-state index contributed by atoms with van der Waals surface area (Å²) in [6.07, 6.45) is 1.75. The van der Waals surface area contributed by atoms with Crippen LogP contribution in [-0.2, 0) is 14.3 Å². The molecule has 3 aliphatic rings. The van der Waals surface area contributed by atoms with Gasteiger partial charge in [-0.05, 0) is 12.3 Å². The average Bonchev–Trinajstić information content (AvgIpc) is 3.31. The molecule has 0 radical (unpaired) electrons. The van der Waals surface area contributed by atoms with Crippen molar-refractivity contribution in [3.8, 4) is 0 Å². The van der Waals surface area contributed by atoms with Gasteiger partial charge in [0.2, 0.25) is 0 Å². The molecule has 1 aromatic heterocycles. The average molecular weight is 404 g/mol. The van der Waals surface area contributed by atoms with Crippen LogP contribution in [0.15, 0.2) is 18.6 Å². The summed E-state index contributed by atoms with van der Waals surface area (Å²) in [6.45, 7) is 6.73. The van der Waals surface area contributed by atoms with E-state index in [1.807, 2.05) is 6.20 Å². The second-order valence-corrected chi connectivity index (χ2v) is 6.98. The summed E-state index contributed by atoms with van der Waals surface area (Å²) in [7, 11) is 0. The lowest BCUT2D eigenvalue weighted by Crippen LogP contribution is -2.51. The fourth-order valence-corrected chi connectivity index (χ4v) is 3.73. The third-order valence-electron chi connectivity index (χ3n) is 5.00. The van der Waals surface area contributed by atoms with Crippen LogP contribution in [0.5, 0.6) is 0 Å². The highest BCUT2D eigenvalue weighted by molar-refractivity contribution is 5.73. The first kappa shape index (κ1) is 20.7. The first-order valence-electron chi connectivity index (χ1n) is 9.09. The molecule has 1 unspecified atom stereocenters. The largest absolute Gasteiger partial charge is 0.490 e. The monoisotopic (exact) mass is 404 g/mol. The Bertz CT molecular complexity index is 643. The maximum Gasteiger partial charge on any atom is 0.490 e. The minimum atomic E-state index is -5.08. The van der Waals surface area contributed by atoms with E-state index in [4.69, 9.17) is 19.4 Å². The van der Waals surface area contributed by atoms with E-state index in [0.29, 0.717) is 18.1 Å². The van der Waals surface area contributed by atoms with Crippen molar-refractivity contribution in [1.82, 2.24) is 14.9 Å². The Morgan fingerprint density at radius 2 is 2.07 bits per heavy atom. The highest BCUT2D eigenvalue weighted by Crippen LogP contribution is 2.27. The fraction of sp³-hybridized carbons (Fsp3) is 0.706. The van der Waals surface area contributed by atoms with Crippen molar-refractivity contribution in [2.45, 2.75) is 24.7 Å². The number of aromatic nitrogens is 2. The lowest BCUT2D eigenvalue weighted by molar-refractivity contribution is -0.192. The van der Waals surface area contributed by atoms with Gasteiger partial charge in [-0.3, -0.25) is 9.88 Å². The number of rotatable bonds is 3. The topological polar surface area (TPSA) is 88.0 Å². The molecule has 0 aliphatic carbocycles. The molecule has 0 spiro atoms. The van der Waals surface area contributed by atoms with Crippen molar-refractivity contribution >= 4 is 11.8 Å². The van der Waals surface area contributed by atoms with Crippen LogP contribution in [0.2, 0.25) is 0 Å². The van der Waals surface area contributed by atoms with Crippen molar-refractivity contribution < 1.29 is 32.5 Å². The van der Waals surface area contributed by atoms with Gasteiger partial charge >= 0.3 is 12.1 Å². The fourth-order valence-electron chi connectivity index (χ4n) is 3.73. The summed E-state index contributed by atoms with van der Waals surface area (Å²) in [4.78, 5) is 22.5. The number of hydrogen-bond acceptors (Lipinski definition) is 7. The van der Waals surface area contributed by atoms with E-state index in [1.165, 1.54) is 6.42 Å². The third kappa shape index (κ3) is 5.30. The molecular formula is C17H23F3N4O4. The van der Waals surface area contributed by atoms with Crippen molar-refractivity contribution in [1.29, 1.82) is 0 Å². The zero-order chi connectivity index (χ0) is 20.1. The van der Waals surface area contributed by atoms with Crippen molar-refractivity contribution in [3.63, 3.8) is 0 Å². The summed E-state index contributed by atoms with van der Waals surface area (Å²) < 4.78 is 43.2. The molecule has 4 rings (SSSR count). The Balaban J connectivity index is 0.000000279. The van der Waals surface area contributed by atoms with Crippen LogP contribution in [0.4, 0.5) is 19.0 Å². The van der Waals surface area contributed by atoms with Gasteiger partial charge in [0.1, 0.15) is 5.82 Å². The zero-order valence-electron chi connectivity index (χ0n) is 15.2. The van der Waals surface area contributed by atoms with Gasteiger partial charge in [0.25, 0.3) is 0 Å². The molecule has 0 saturated carbocycles. The molecule has 3 aliphatic heterocycles. The van der Waals surface area contributed by atoms with E-state index < -0.39 is 12.1 Å². The number of carboxylic acid groups (broad SMARTS) is 1. The number of ether oxygens (including phenoxy) is 2. The van der Waals surface area contributed by atoms with Gasteiger partial charge in [-0.1, -0.05) is 0 Å². The zero-order valence-corrected chi connectivity index (χ0v) is 15.2. The van der Waals surface area contributed by atoms with E-state index >= 15 is 0 Å². The summed E-state index contributed by atoms with van der Waals surface area (Å²) in [5, 5.41) is 7.12. The molecule has 3 saturated heterocycles. The first-order valence-corrected chi connectivity index (χ1v) is 9.09. The Kier molecular flexibility index (Phi) is 6.68. The highest BCUT2D eigenvalue weighted by atomic mass is 19.4. The summed E-state index contributed by atoms with van der Waals surface area (Å²) in [5.74, 6) is -1.09. The van der Waals surface area contributed by atoms with Gasteiger partial charge in [0, 0.05) is 45.2 Å². The molecule has 3 atom stereocenters. The number of nitrogens with zero attached hydrogens (tertiary/aromatic N) is 4. The number of carboxylic acids is 1. The molecule has 0 bridgehead atoms.